The first-order valence-electron chi connectivity index (χ1n) is 8.57. The Morgan fingerprint density at radius 2 is 1.88 bits per heavy atom. The minimum atomic E-state index is -0.0628. The molecule has 0 amide bonds. The molecule has 3 nitrogen and oxygen atoms in total. The molecule has 0 aromatic carbocycles. The Labute approximate surface area is 147 Å². The van der Waals surface area contributed by atoms with E-state index in [4.69, 9.17) is 0 Å². The molecule has 1 atom stereocenters. The van der Waals surface area contributed by atoms with Crippen LogP contribution in [0.4, 0.5) is 0 Å². The Morgan fingerprint density at radius 1 is 1.21 bits per heavy atom. The topological polar surface area (TPSA) is 42.0 Å². The molecule has 1 N–H and O–H groups in total. The average molecular weight is 329 g/mol. The van der Waals surface area contributed by atoms with Crippen LogP contribution in [0.15, 0.2) is 48.3 Å². The van der Waals surface area contributed by atoms with Crippen LogP contribution in [0, 0.1) is 16.7 Å². The maximum absolute atomic E-state index is 12.9. The lowest BCUT2D eigenvalue weighted by molar-refractivity contribution is -0.121. The van der Waals surface area contributed by atoms with E-state index in [0.717, 1.165) is 5.69 Å². The fourth-order valence-electron chi connectivity index (χ4n) is 1.95. The van der Waals surface area contributed by atoms with Gasteiger partial charge in [-0.2, -0.15) is 0 Å². The standard InChI is InChI=1S/C21H32N2O/c1-16(21(5,6)7)19(24)17(11-12-20(2,3)4)14-22-15-18-10-8-9-13-23-18/h8-14,16,22H,15H2,1-7H3/b12-11+,17-14?. The molecule has 0 radical (unpaired) electrons. The van der Waals surface area contributed by atoms with Crippen LogP contribution in [0.2, 0.25) is 0 Å². The molecule has 0 aliphatic carbocycles. The molecule has 1 heterocycles. The third kappa shape index (κ3) is 7.12. The van der Waals surface area contributed by atoms with E-state index in [-0.39, 0.29) is 22.5 Å². The van der Waals surface area contributed by atoms with Gasteiger partial charge in [-0.1, -0.05) is 66.7 Å². The van der Waals surface area contributed by atoms with Crippen molar-refractivity contribution in [2.45, 2.75) is 55.0 Å². The monoisotopic (exact) mass is 328 g/mol. The molecular weight excluding hydrogens is 296 g/mol. The number of rotatable bonds is 6. The number of aromatic nitrogens is 1. The SMILES string of the molecule is CC(C(=O)C(=CNCc1ccccn1)/C=C/C(C)(C)C)C(C)(C)C. The predicted molar refractivity (Wildman–Crippen MR) is 101 cm³/mol. The van der Waals surface area contributed by atoms with Gasteiger partial charge < -0.3 is 5.32 Å². The molecule has 24 heavy (non-hydrogen) atoms. The van der Waals surface area contributed by atoms with Crippen LogP contribution in [-0.4, -0.2) is 10.8 Å². The van der Waals surface area contributed by atoms with Gasteiger partial charge in [-0.25, -0.2) is 0 Å². The zero-order valence-corrected chi connectivity index (χ0v) is 16.2. The van der Waals surface area contributed by atoms with E-state index in [2.05, 4.69) is 57.9 Å². The molecule has 0 fully saturated rings. The van der Waals surface area contributed by atoms with Crippen LogP contribution >= 0.6 is 0 Å². The van der Waals surface area contributed by atoms with E-state index >= 15 is 0 Å². The summed E-state index contributed by atoms with van der Waals surface area (Å²) in [6.45, 7) is 15.3. The number of carbonyl (C=O) groups excluding carboxylic acids is 1. The van der Waals surface area contributed by atoms with Crippen LogP contribution < -0.4 is 5.32 Å². The number of Topliss-reactive ketones (excluding diaryl/α,β-unsaturated/α-hetero) is 1. The average Bonchev–Trinajstić information content (AvgIpc) is 2.48. The van der Waals surface area contributed by atoms with Gasteiger partial charge in [0.15, 0.2) is 5.78 Å². The first-order chi connectivity index (χ1) is 11.0. The van der Waals surface area contributed by atoms with E-state index in [1.165, 1.54) is 0 Å². The number of pyridine rings is 1. The van der Waals surface area contributed by atoms with E-state index in [9.17, 15) is 4.79 Å². The van der Waals surface area contributed by atoms with E-state index in [1.807, 2.05) is 37.4 Å². The number of hydrogen-bond acceptors (Lipinski definition) is 3. The van der Waals surface area contributed by atoms with Gasteiger partial charge in [0, 0.05) is 23.9 Å². The molecule has 1 rings (SSSR count). The van der Waals surface area contributed by atoms with Crippen molar-refractivity contribution in [3.8, 4) is 0 Å². The van der Waals surface area contributed by atoms with Crippen molar-refractivity contribution in [1.29, 1.82) is 0 Å². The summed E-state index contributed by atoms with van der Waals surface area (Å²) in [7, 11) is 0. The number of allylic oxidation sites excluding steroid dienone is 3. The van der Waals surface area contributed by atoms with Gasteiger partial charge in [0.1, 0.15) is 0 Å². The highest BCUT2D eigenvalue weighted by Crippen LogP contribution is 2.29. The number of ketones is 1. The molecule has 1 aromatic rings. The number of hydrogen-bond donors (Lipinski definition) is 1. The lowest BCUT2D eigenvalue weighted by atomic mass is 9.77. The van der Waals surface area contributed by atoms with Crippen LogP contribution in [0.3, 0.4) is 0 Å². The van der Waals surface area contributed by atoms with Crippen LogP contribution in [0.25, 0.3) is 0 Å². The van der Waals surface area contributed by atoms with E-state index < -0.39 is 0 Å². The van der Waals surface area contributed by atoms with Crippen LogP contribution in [-0.2, 0) is 11.3 Å². The first-order valence-corrected chi connectivity index (χ1v) is 8.57. The molecule has 3 heteroatoms. The second-order valence-electron chi connectivity index (χ2n) is 8.45. The molecule has 0 bridgehead atoms. The fraction of sp³-hybridized carbons (Fsp3) is 0.524. The summed E-state index contributed by atoms with van der Waals surface area (Å²) in [5.41, 5.74) is 1.63. The predicted octanol–water partition coefficient (Wildman–Crippen LogP) is 4.91. The van der Waals surface area contributed by atoms with Crippen molar-refractivity contribution in [3.63, 3.8) is 0 Å². The molecular formula is C21H32N2O. The highest BCUT2D eigenvalue weighted by molar-refractivity contribution is 5.99. The molecule has 132 valence electrons. The minimum Gasteiger partial charge on any atom is -0.385 e. The summed E-state index contributed by atoms with van der Waals surface area (Å²) in [6.07, 6.45) is 7.61. The quantitative estimate of drug-likeness (QED) is 0.596. The summed E-state index contributed by atoms with van der Waals surface area (Å²) >= 11 is 0. The van der Waals surface area contributed by atoms with Gasteiger partial charge >= 0.3 is 0 Å². The number of nitrogens with zero attached hydrogens (tertiary/aromatic N) is 1. The highest BCUT2D eigenvalue weighted by Gasteiger charge is 2.28. The molecule has 0 saturated carbocycles. The largest absolute Gasteiger partial charge is 0.385 e. The van der Waals surface area contributed by atoms with Gasteiger partial charge in [0.25, 0.3) is 0 Å². The fourth-order valence-corrected chi connectivity index (χ4v) is 1.95. The first kappa shape index (κ1) is 20.1. The van der Waals surface area contributed by atoms with E-state index in [1.54, 1.807) is 6.20 Å². The number of carbonyl (C=O) groups is 1. The molecule has 0 aliphatic heterocycles. The van der Waals surface area contributed by atoms with Crippen molar-refractivity contribution in [3.05, 3.63) is 54.0 Å². The Bertz CT molecular complexity index is 587. The maximum Gasteiger partial charge on any atom is 0.167 e. The second kappa shape index (κ2) is 8.27. The zero-order valence-electron chi connectivity index (χ0n) is 16.2. The smallest absolute Gasteiger partial charge is 0.167 e. The van der Waals surface area contributed by atoms with Gasteiger partial charge in [-0.3, -0.25) is 9.78 Å². The Hall–Kier alpha value is -1.90. The third-order valence-corrected chi connectivity index (χ3v) is 4.01. The Morgan fingerprint density at radius 3 is 2.38 bits per heavy atom. The van der Waals surface area contributed by atoms with E-state index in [0.29, 0.717) is 12.1 Å². The van der Waals surface area contributed by atoms with Crippen LogP contribution in [0.1, 0.15) is 54.2 Å². The molecule has 0 spiro atoms. The second-order valence-corrected chi connectivity index (χ2v) is 8.45. The lowest BCUT2D eigenvalue weighted by Crippen LogP contribution is -2.27. The molecule has 1 unspecified atom stereocenters. The van der Waals surface area contributed by atoms with Crippen molar-refractivity contribution < 1.29 is 4.79 Å². The van der Waals surface area contributed by atoms with Crippen molar-refractivity contribution in [2.24, 2.45) is 16.7 Å². The van der Waals surface area contributed by atoms with Crippen LogP contribution in [0.5, 0.6) is 0 Å². The van der Waals surface area contributed by atoms with Crippen molar-refractivity contribution in [2.75, 3.05) is 0 Å². The summed E-state index contributed by atoms with van der Waals surface area (Å²) in [5.74, 6) is 0.113. The summed E-state index contributed by atoms with van der Waals surface area (Å²) in [6, 6.07) is 5.82. The van der Waals surface area contributed by atoms with Gasteiger partial charge in [0.05, 0.1) is 12.2 Å². The van der Waals surface area contributed by atoms with Crippen molar-refractivity contribution >= 4 is 5.78 Å². The van der Waals surface area contributed by atoms with Gasteiger partial charge in [-0.15, -0.1) is 0 Å². The van der Waals surface area contributed by atoms with Gasteiger partial charge in [0.2, 0.25) is 0 Å². The molecule has 1 aromatic heterocycles. The third-order valence-electron chi connectivity index (χ3n) is 4.01. The minimum absolute atomic E-state index is 0.0331. The highest BCUT2D eigenvalue weighted by atomic mass is 16.1. The summed E-state index contributed by atoms with van der Waals surface area (Å²) in [5, 5.41) is 3.23. The lowest BCUT2D eigenvalue weighted by Gasteiger charge is -2.26. The normalized spacial score (nSPS) is 14.7. The summed E-state index contributed by atoms with van der Waals surface area (Å²) < 4.78 is 0. The molecule has 0 aliphatic rings. The Kier molecular flexibility index (Phi) is 6.94. The number of nitrogens with one attached hydrogen (secondary N) is 1. The zero-order chi connectivity index (χ0) is 18.4. The molecule has 0 saturated heterocycles. The van der Waals surface area contributed by atoms with Gasteiger partial charge in [-0.05, 0) is 23.0 Å². The summed E-state index contributed by atoms with van der Waals surface area (Å²) in [4.78, 5) is 17.2. The van der Waals surface area contributed by atoms with Crippen molar-refractivity contribution in [1.82, 2.24) is 10.3 Å². The Balaban J connectivity index is 2.94. The maximum atomic E-state index is 12.9.